The summed E-state index contributed by atoms with van der Waals surface area (Å²) in [5.74, 6) is -1.45. The van der Waals surface area contributed by atoms with Gasteiger partial charge in [0.05, 0.1) is 29.9 Å². The first kappa shape index (κ1) is 16.9. The van der Waals surface area contributed by atoms with Crippen molar-refractivity contribution in [1.82, 2.24) is 4.90 Å². The van der Waals surface area contributed by atoms with Crippen LogP contribution in [0.4, 0.5) is 0 Å². The molecule has 0 radical (unpaired) electrons. The van der Waals surface area contributed by atoms with E-state index in [9.17, 15) is 14.4 Å². The van der Waals surface area contributed by atoms with Gasteiger partial charge in [-0.15, -0.1) is 0 Å². The zero-order chi connectivity index (χ0) is 17.8. The van der Waals surface area contributed by atoms with Gasteiger partial charge in [0.1, 0.15) is 6.61 Å². The molecule has 1 aromatic carbocycles. The van der Waals surface area contributed by atoms with E-state index in [0.717, 1.165) is 0 Å². The van der Waals surface area contributed by atoms with E-state index in [1.54, 1.807) is 24.3 Å². The van der Waals surface area contributed by atoms with Crippen LogP contribution in [0.25, 0.3) is 0 Å². The smallest absolute Gasteiger partial charge is 0.307 e. The highest BCUT2D eigenvalue weighted by Gasteiger charge is 2.46. The standard InChI is InChI=1S/C19H18N2O4/c20-11-13-5-1-2-6-14(13)12-25-17(22)9-10-21-18(23)15-7-3-4-8-16(15)19(21)24/h1-6,15-16H,7-10,12H2/t15-,16+. The van der Waals surface area contributed by atoms with E-state index in [0.29, 0.717) is 24.0 Å². The molecule has 0 aromatic heterocycles. The minimum Gasteiger partial charge on any atom is -0.461 e. The maximum Gasteiger partial charge on any atom is 0.307 e. The average Bonchev–Trinajstić information content (AvgIpc) is 2.89. The van der Waals surface area contributed by atoms with Crippen LogP contribution in [-0.4, -0.2) is 29.2 Å². The van der Waals surface area contributed by atoms with Crippen LogP contribution >= 0.6 is 0 Å². The highest BCUT2D eigenvalue weighted by Crippen LogP contribution is 2.35. The molecule has 6 heteroatoms. The summed E-state index contributed by atoms with van der Waals surface area (Å²) >= 11 is 0. The number of nitriles is 1. The molecule has 1 saturated heterocycles. The quantitative estimate of drug-likeness (QED) is 0.465. The number of imide groups is 1. The van der Waals surface area contributed by atoms with Crippen LogP contribution < -0.4 is 0 Å². The second-order valence-corrected chi connectivity index (χ2v) is 6.16. The number of rotatable bonds is 5. The predicted molar refractivity (Wildman–Crippen MR) is 87.6 cm³/mol. The number of likely N-dealkylation sites (tertiary alicyclic amines) is 1. The summed E-state index contributed by atoms with van der Waals surface area (Å²) in [6.45, 7) is 0.0447. The predicted octanol–water partition coefficient (Wildman–Crippen LogP) is 1.94. The molecule has 0 unspecified atom stereocenters. The first-order valence-corrected chi connectivity index (χ1v) is 8.25. The van der Waals surface area contributed by atoms with Gasteiger partial charge < -0.3 is 4.74 Å². The molecule has 2 atom stereocenters. The largest absolute Gasteiger partial charge is 0.461 e. The second kappa shape index (κ2) is 7.31. The molecule has 2 amide bonds. The van der Waals surface area contributed by atoms with Crippen LogP contribution in [0.15, 0.2) is 36.4 Å². The van der Waals surface area contributed by atoms with E-state index in [1.165, 1.54) is 4.90 Å². The number of esters is 1. The molecule has 2 aliphatic rings. The van der Waals surface area contributed by atoms with E-state index in [1.807, 2.05) is 18.2 Å². The summed E-state index contributed by atoms with van der Waals surface area (Å²) in [5.41, 5.74) is 1.08. The Morgan fingerprint density at radius 2 is 1.80 bits per heavy atom. The Morgan fingerprint density at radius 3 is 2.44 bits per heavy atom. The zero-order valence-corrected chi connectivity index (χ0v) is 13.7. The molecule has 1 aliphatic carbocycles. The number of ether oxygens (including phenoxy) is 1. The second-order valence-electron chi connectivity index (χ2n) is 6.16. The van der Waals surface area contributed by atoms with Crippen LogP contribution in [0.3, 0.4) is 0 Å². The lowest BCUT2D eigenvalue weighted by atomic mass is 9.85. The molecular weight excluding hydrogens is 320 g/mol. The van der Waals surface area contributed by atoms with Crippen LogP contribution in [0.2, 0.25) is 0 Å². The maximum absolute atomic E-state index is 12.3. The molecule has 1 heterocycles. The number of benzene rings is 1. The molecule has 3 rings (SSSR count). The summed E-state index contributed by atoms with van der Waals surface area (Å²) in [7, 11) is 0. The number of hydrogen-bond acceptors (Lipinski definition) is 5. The summed E-state index contributed by atoms with van der Waals surface area (Å²) < 4.78 is 5.17. The Labute approximate surface area is 145 Å². The fourth-order valence-electron chi connectivity index (χ4n) is 3.28. The topological polar surface area (TPSA) is 87.5 Å². The van der Waals surface area contributed by atoms with Gasteiger partial charge in [-0.05, 0) is 18.9 Å². The van der Waals surface area contributed by atoms with Crippen molar-refractivity contribution in [2.75, 3.05) is 6.54 Å². The van der Waals surface area contributed by atoms with Crippen LogP contribution in [-0.2, 0) is 25.7 Å². The van der Waals surface area contributed by atoms with Gasteiger partial charge in [0, 0.05) is 12.1 Å². The average molecular weight is 338 g/mol. The van der Waals surface area contributed by atoms with Crippen LogP contribution in [0, 0.1) is 23.2 Å². The fraction of sp³-hybridized carbons (Fsp3) is 0.368. The first-order chi connectivity index (χ1) is 12.1. The Morgan fingerprint density at radius 1 is 1.16 bits per heavy atom. The number of nitrogens with zero attached hydrogens (tertiary/aromatic N) is 2. The Bertz CT molecular complexity index is 752. The molecule has 0 N–H and O–H groups in total. The van der Waals surface area contributed by atoms with Crippen molar-refractivity contribution in [2.24, 2.45) is 11.8 Å². The van der Waals surface area contributed by atoms with Crippen LogP contribution in [0.1, 0.15) is 30.4 Å². The molecule has 128 valence electrons. The lowest BCUT2D eigenvalue weighted by Crippen LogP contribution is -2.33. The molecule has 25 heavy (non-hydrogen) atoms. The number of hydrogen-bond donors (Lipinski definition) is 0. The zero-order valence-electron chi connectivity index (χ0n) is 13.7. The van der Waals surface area contributed by atoms with Crippen molar-refractivity contribution < 1.29 is 19.1 Å². The van der Waals surface area contributed by atoms with Gasteiger partial charge >= 0.3 is 5.97 Å². The van der Waals surface area contributed by atoms with E-state index in [-0.39, 0.29) is 43.2 Å². The third-order valence-electron chi connectivity index (χ3n) is 4.66. The van der Waals surface area contributed by atoms with Crippen molar-refractivity contribution in [3.63, 3.8) is 0 Å². The van der Waals surface area contributed by atoms with Gasteiger partial charge in [-0.25, -0.2) is 0 Å². The summed E-state index contributed by atoms with van der Waals surface area (Å²) in [5, 5.41) is 9.01. The van der Waals surface area contributed by atoms with E-state index in [2.05, 4.69) is 0 Å². The van der Waals surface area contributed by atoms with Gasteiger partial charge in [-0.1, -0.05) is 30.4 Å². The SMILES string of the molecule is N#Cc1ccccc1COC(=O)CCN1C(=O)[C@H]2CC=CC[C@H]2C1=O. The fourth-order valence-corrected chi connectivity index (χ4v) is 3.28. The molecule has 0 saturated carbocycles. The van der Waals surface area contributed by atoms with E-state index < -0.39 is 5.97 Å². The minimum atomic E-state index is -0.499. The van der Waals surface area contributed by atoms with Gasteiger partial charge in [-0.3, -0.25) is 19.3 Å². The van der Waals surface area contributed by atoms with E-state index >= 15 is 0 Å². The lowest BCUT2D eigenvalue weighted by molar-refractivity contribution is -0.146. The Hall–Kier alpha value is -2.94. The molecular formula is C19H18N2O4. The monoisotopic (exact) mass is 338 g/mol. The molecule has 1 fully saturated rings. The third-order valence-corrected chi connectivity index (χ3v) is 4.66. The van der Waals surface area contributed by atoms with Crippen molar-refractivity contribution >= 4 is 17.8 Å². The number of carbonyl (C=O) groups is 3. The molecule has 0 bridgehead atoms. The normalized spacial score (nSPS) is 21.8. The Kier molecular flexibility index (Phi) is 4.94. The highest BCUT2D eigenvalue weighted by atomic mass is 16.5. The summed E-state index contributed by atoms with van der Waals surface area (Å²) in [4.78, 5) is 37.7. The number of carbonyl (C=O) groups excluding carboxylic acids is 3. The molecule has 0 spiro atoms. The van der Waals surface area contributed by atoms with Crippen molar-refractivity contribution in [1.29, 1.82) is 5.26 Å². The maximum atomic E-state index is 12.3. The number of allylic oxidation sites excluding steroid dienone is 2. The third kappa shape index (κ3) is 3.45. The summed E-state index contributed by atoms with van der Waals surface area (Å²) in [6.07, 6.45) is 4.98. The first-order valence-electron chi connectivity index (χ1n) is 8.25. The van der Waals surface area contributed by atoms with Crippen molar-refractivity contribution in [3.8, 4) is 6.07 Å². The number of amides is 2. The van der Waals surface area contributed by atoms with Gasteiger partial charge in [0.2, 0.25) is 11.8 Å². The minimum absolute atomic E-state index is 0.000368. The van der Waals surface area contributed by atoms with Gasteiger partial charge in [0.15, 0.2) is 0 Å². The lowest BCUT2D eigenvalue weighted by Gasteiger charge is -2.14. The number of fused-ring (bicyclic) bond motifs is 1. The molecule has 1 aliphatic heterocycles. The van der Waals surface area contributed by atoms with Crippen molar-refractivity contribution in [2.45, 2.75) is 25.9 Å². The summed E-state index contributed by atoms with van der Waals surface area (Å²) in [6, 6.07) is 8.92. The van der Waals surface area contributed by atoms with Gasteiger partial charge in [0.25, 0.3) is 0 Å². The van der Waals surface area contributed by atoms with Crippen LogP contribution in [0.5, 0.6) is 0 Å². The molecule has 6 nitrogen and oxygen atoms in total. The molecule has 1 aromatic rings. The van der Waals surface area contributed by atoms with Gasteiger partial charge in [-0.2, -0.15) is 5.26 Å². The Balaban J connectivity index is 1.52. The van der Waals surface area contributed by atoms with Crippen molar-refractivity contribution in [3.05, 3.63) is 47.5 Å². The highest BCUT2D eigenvalue weighted by molar-refractivity contribution is 6.05. The van der Waals surface area contributed by atoms with E-state index in [4.69, 9.17) is 10.00 Å².